The van der Waals surface area contributed by atoms with Crippen molar-refractivity contribution in [3.63, 3.8) is 0 Å². The van der Waals surface area contributed by atoms with E-state index in [1.165, 1.54) is 0 Å². The Morgan fingerprint density at radius 2 is 1.55 bits per heavy atom. The van der Waals surface area contributed by atoms with Crippen LogP contribution in [0, 0.1) is 0 Å². The number of nitrogens with one attached hydrogen (secondary N) is 1. The highest BCUT2D eigenvalue weighted by Crippen LogP contribution is 2.33. The molecule has 7 nitrogen and oxygen atoms in total. The van der Waals surface area contributed by atoms with E-state index in [0.29, 0.717) is 25.8 Å². The van der Waals surface area contributed by atoms with Gasteiger partial charge in [0.05, 0.1) is 0 Å². The first-order valence-electron chi connectivity index (χ1n) is 11.4. The molecule has 2 aliphatic rings. The fourth-order valence-electron chi connectivity index (χ4n) is 4.60. The van der Waals surface area contributed by atoms with Crippen molar-refractivity contribution in [3.05, 3.63) is 71.8 Å². The van der Waals surface area contributed by atoms with Crippen LogP contribution in [0.5, 0.6) is 0 Å². The lowest BCUT2D eigenvalue weighted by Crippen LogP contribution is -2.66. The Labute approximate surface area is 194 Å². The van der Waals surface area contributed by atoms with E-state index in [2.05, 4.69) is 5.32 Å². The number of carbonyl (C=O) groups excluding carboxylic acids is 3. The molecule has 2 saturated heterocycles. The summed E-state index contributed by atoms with van der Waals surface area (Å²) in [6.07, 6.45) is 0.298. The number of fused-ring (bicyclic) bond motifs is 1. The topological polar surface area (TPSA) is 79.0 Å². The summed E-state index contributed by atoms with van der Waals surface area (Å²) in [4.78, 5) is 43.0. The van der Waals surface area contributed by atoms with Crippen molar-refractivity contribution in [2.24, 2.45) is 0 Å². The zero-order valence-corrected chi connectivity index (χ0v) is 19.4. The highest BCUT2D eigenvalue weighted by molar-refractivity contribution is 5.98. The van der Waals surface area contributed by atoms with Gasteiger partial charge in [0.2, 0.25) is 11.8 Å². The van der Waals surface area contributed by atoms with E-state index >= 15 is 0 Å². The van der Waals surface area contributed by atoms with E-state index in [4.69, 9.17) is 4.74 Å². The molecule has 2 aromatic carbocycles. The van der Waals surface area contributed by atoms with Crippen LogP contribution in [-0.2, 0) is 27.3 Å². The maximum atomic E-state index is 13.8. The van der Waals surface area contributed by atoms with Crippen molar-refractivity contribution in [1.82, 2.24) is 15.1 Å². The van der Waals surface area contributed by atoms with Crippen LogP contribution in [-0.4, -0.2) is 51.6 Å². The van der Waals surface area contributed by atoms with Gasteiger partial charge in [-0.3, -0.25) is 9.59 Å². The lowest BCUT2D eigenvalue weighted by molar-refractivity contribution is -0.162. The Hall–Kier alpha value is -3.35. The number of ether oxygens (including phenoxy) is 1. The summed E-state index contributed by atoms with van der Waals surface area (Å²) < 4.78 is 5.38. The second-order valence-electron chi connectivity index (χ2n) is 9.66. The SMILES string of the molecule is CC(C)(C)OC(=O)N[C@@H]1CC[C@@H]2C(=O)N(Cc3ccccc3)[C@@H](Cc3ccccc3)C(=O)N21. The van der Waals surface area contributed by atoms with Crippen LogP contribution >= 0.6 is 0 Å². The second kappa shape index (κ2) is 9.25. The molecule has 3 amide bonds. The third-order valence-corrected chi connectivity index (χ3v) is 6.02. The molecule has 0 aliphatic carbocycles. The highest BCUT2D eigenvalue weighted by atomic mass is 16.6. The number of amides is 3. The van der Waals surface area contributed by atoms with Crippen molar-refractivity contribution < 1.29 is 19.1 Å². The fraction of sp³-hybridized carbons (Fsp3) is 0.423. The van der Waals surface area contributed by atoms with Gasteiger partial charge in [0.1, 0.15) is 23.9 Å². The molecule has 2 fully saturated rings. The van der Waals surface area contributed by atoms with Crippen molar-refractivity contribution in [1.29, 1.82) is 0 Å². The molecular formula is C26H31N3O4. The molecule has 1 N–H and O–H groups in total. The Balaban J connectivity index is 1.60. The van der Waals surface area contributed by atoms with Gasteiger partial charge < -0.3 is 19.9 Å². The van der Waals surface area contributed by atoms with E-state index in [9.17, 15) is 14.4 Å². The summed E-state index contributed by atoms with van der Waals surface area (Å²) in [5.74, 6) is -0.217. The Kier molecular flexibility index (Phi) is 6.40. The summed E-state index contributed by atoms with van der Waals surface area (Å²) >= 11 is 0. The largest absolute Gasteiger partial charge is 0.444 e. The number of carbonyl (C=O) groups is 3. The van der Waals surface area contributed by atoms with Crippen LogP contribution in [0.4, 0.5) is 4.79 Å². The van der Waals surface area contributed by atoms with Crippen LogP contribution in [0.15, 0.2) is 60.7 Å². The Bertz CT molecular complexity index is 1000. The van der Waals surface area contributed by atoms with E-state index < -0.39 is 29.9 Å². The van der Waals surface area contributed by atoms with Gasteiger partial charge in [0, 0.05) is 13.0 Å². The first-order chi connectivity index (χ1) is 15.7. The molecule has 3 atom stereocenters. The van der Waals surface area contributed by atoms with Gasteiger partial charge in [0.15, 0.2) is 0 Å². The highest BCUT2D eigenvalue weighted by Gasteiger charge is 2.51. The van der Waals surface area contributed by atoms with Crippen molar-refractivity contribution >= 4 is 17.9 Å². The summed E-state index contributed by atoms with van der Waals surface area (Å²) in [6.45, 7) is 5.74. The number of hydrogen-bond acceptors (Lipinski definition) is 4. The third-order valence-electron chi connectivity index (χ3n) is 6.02. The summed E-state index contributed by atoms with van der Waals surface area (Å²) in [5, 5.41) is 2.81. The number of benzene rings is 2. The quantitative estimate of drug-likeness (QED) is 0.758. The first kappa shape index (κ1) is 22.8. The predicted molar refractivity (Wildman–Crippen MR) is 124 cm³/mol. The minimum Gasteiger partial charge on any atom is -0.444 e. The maximum absolute atomic E-state index is 13.8. The zero-order chi connectivity index (χ0) is 23.6. The van der Waals surface area contributed by atoms with Gasteiger partial charge in [-0.15, -0.1) is 0 Å². The molecule has 33 heavy (non-hydrogen) atoms. The molecule has 0 unspecified atom stereocenters. The van der Waals surface area contributed by atoms with E-state index in [0.717, 1.165) is 11.1 Å². The van der Waals surface area contributed by atoms with Crippen molar-refractivity contribution in [2.45, 2.75) is 70.4 Å². The lowest BCUT2D eigenvalue weighted by atomic mass is 9.97. The minimum absolute atomic E-state index is 0.0760. The van der Waals surface area contributed by atoms with Gasteiger partial charge >= 0.3 is 6.09 Å². The zero-order valence-electron chi connectivity index (χ0n) is 19.4. The number of alkyl carbamates (subject to hydrolysis) is 1. The van der Waals surface area contributed by atoms with Crippen LogP contribution in [0.25, 0.3) is 0 Å². The number of hydrogen-bond donors (Lipinski definition) is 1. The predicted octanol–water partition coefficient (Wildman–Crippen LogP) is 3.48. The minimum atomic E-state index is -0.647. The molecule has 0 radical (unpaired) electrons. The number of rotatable bonds is 5. The molecule has 174 valence electrons. The van der Waals surface area contributed by atoms with Crippen LogP contribution < -0.4 is 5.32 Å². The van der Waals surface area contributed by atoms with Crippen molar-refractivity contribution in [3.8, 4) is 0 Å². The monoisotopic (exact) mass is 449 g/mol. The fourth-order valence-corrected chi connectivity index (χ4v) is 4.60. The van der Waals surface area contributed by atoms with Crippen molar-refractivity contribution in [2.75, 3.05) is 0 Å². The van der Waals surface area contributed by atoms with Gasteiger partial charge in [-0.1, -0.05) is 60.7 Å². The summed E-state index contributed by atoms with van der Waals surface area (Å²) in [5.41, 5.74) is 1.31. The Morgan fingerprint density at radius 1 is 0.939 bits per heavy atom. The van der Waals surface area contributed by atoms with E-state index in [-0.39, 0.29) is 11.8 Å². The molecule has 0 aromatic heterocycles. The molecule has 2 aromatic rings. The van der Waals surface area contributed by atoms with E-state index in [1.54, 1.807) is 30.6 Å². The molecule has 2 heterocycles. The average molecular weight is 450 g/mol. The van der Waals surface area contributed by atoms with E-state index in [1.807, 2.05) is 60.7 Å². The Morgan fingerprint density at radius 3 is 2.15 bits per heavy atom. The number of piperazine rings is 1. The maximum Gasteiger partial charge on any atom is 0.409 e. The second-order valence-corrected chi connectivity index (χ2v) is 9.66. The van der Waals surface area contributed by atoms with Crippen LogP contribution in [0.1, 0.15) is 44.7 Å². The molecule has 0 bridgehead atoms. The summed E-state index contributed by atoms with van der Waals surface area (Å²) in [7, 11) is 0. The summed E-state index contributed by atoms with van der Waals surface area (Å²) in [6, 6.07) is 18.2. The molecule has 2 aliphatic heterocycles. The lowest BCUT2D eigenvalue weighted by Gasteiger charge is -2.44. The van der Waals surface area contributed by atoms with Gasteiger partial charge in [0.25, 0.3) is 0 Å². The normalized spacial score (nSPS) is 22.8. The van der Waals surface area contributed by atoms with Gasteiger partial charge in [-0.25, -0.2) is 4.79 Å². The molecule has 0 saturated carbocycles. The van der Waals surface area contributed by atoms with Gasteiger partial charge in [-0.05, 0) is 44.7 Å². The average Bonchev–Trinajstić information content (AvgIpc) is 3.18. The smallest absolute Gasteiger partial charge is 0.409 e. The van der Waals surface area contributed by atoms with Crippen LogP contribution in [0.2, 0.25) is 0 Å². The molecule has 0 spiro atoms. The van der Waals surface area contributed by atoms with Gasteiger partial charge in [-0.2, -0.15) is 0 Å². The number of nitrogens with zero attached hydrogens (tertiary/aromatic N) is 2. The molecular weight excluding hydrogens is 418 g/mol. The first-order valence-corrected chi connectivity index (χ1v) is 11.4. The molecule has 4 rings (SSSR count). The van der Waals surface area contributed by atoms with Crippen LogP contribution in [0.3, 0.4) is 0 Å². The molecule has 7 heteroatoms. The third kappa shape index (κ3) is 5.18. The standard InChI is InChI=1S/C26H31N3O4/c1-26(2,3)33-25(32)27-22-15-14-20-23(30)28(17-19-12-8-5-9-13-19)21(24(31)29(20)22)16-18-10-6-4-7-11-18/h4-13,20-22H,14-17H2,1-3H3,(H,27,32)/t20-,21+,22+/m1/s1.